The van der Waals surface area contributed by atoms with Crippen molar-refractivity contribution in [3.05, 3.63) is 76.8 Å². The van der Waals surface area contributed by atoms with Crippen molar-refractivity contribution in [1.82, 2.24) is 9.97 Å². The zero-order valence-corrected chi connectivity index (χ0v) is 12.5. The number of carbonyl (C=O) groups is 1. The van der Waals surface area contributed by atoms with E-state index >= 15 is 0 Å². The maximum atomic E-state index is 12.5. The van der Waals surface area contributed by atoms with Crippen molar-refractivity contribution in [2.45, 2.75) is 0 Å². The van der Waals surface area contributed by atoms with Crippen LogP contribution < -0.4 is 5.56 Å². The first-order valence-electron chi connectivity index (χ1n) is 7.40. The maximum absolute atomic E-state index is 12.5. The van der Waals surface area contributed by atoms with Gasteiger partial charge in [0.15, 0.2) is 12.0 Å². The van der Waals surface area contributed by atoms with Crippen molar-refractivity contribution in [2.75, 3.05) is 0 Å². The quantitative estimate of drug-likeness (QED) is 0.585. The number of nitrogens with zero attached hydrogens (tertiary/aromatic N) is 1. The predicted molar refractivity (Wildman–Crippen MR) is 90.9 cm³/mol. The van der Waals surface area contributed by atoms with Crippen LogP contribution in [-0.4, -0.2) is 16.3 Å². The monoisotopic (exact) mass is 316 g/mol. The molecule has 5 heteroatoms. The highest BCUT2D eigenvalue weighted by atomic mass is 16.3. The van der Waals surface area contributed by atoms with Gasteiger partial charge in [0.05, 0.1) is 11.0 Å². The largest absolute Gasteiger partial charge is 0.453 e. The second-order valence-electron chi connectivity index (χ2n) is 5.30. The van der Waals surface area contributed by atoms with Gasteiger partial charge in [0, 0.05) is 11.1 Å². The van der Waals surface area contributed by atoms with E-state index in [9.17, 15) is 9.59 Å². The number of aromatic nitrogens is 2. The van der Waals surface area contributed by atoms with Crippen LogP contribution in [0.4, 0.5) is 0 Å². The van der Waals surface area contributed by atoms with Gasteiger partial charge in [-0.2, -0.15) is 0 Å². The first-order valence-corrected chi connectivity index (χ1v) is 7.40. The van der Waals surface area contributed by atoms with Gasteiger partial charge in [-0.1, -0.05) is 36.4 Å². The van der Waals surface area contributed by atoms with Gasteiger partial charge in [-0.3, -0.25) is 9.59 Å². The molecule has 0 amide bonds. The van der Waals surface area contributed by atoms with Gasteiger partial charge in [0.2, 0.25) is 0 Å². The Balaban J connectivity index is 1.96. The summed E-state index contributed by atoms with van der Waals surface area (Å²) in [6.45, 7) is 0. The number of para-hydroxylation sites is 2. The molecule has 116 valence electrons. The molecule has 1 N–H and O–H groups in total. The van der Waals surface area contributed by atoms with Gasteiger partial charge in [-0.05, 0) is 24.3 Å². The fourth-order valence-electron chi connectivity index (χ4n) is 2.68. The van der Waals surface area contributed by atoms with Gasteiger partial charge in [-0.25, -0.2) is 4.98 Å². The SMILES string of the molecule is O=Cc1ccc(-c2ccccc2-c2nc3ccccc3[nH]c2=O)o1. The minimum Gasteiger partial charge on any atom is -0.453 e. The number of fused-ring (bicyclic) bond motifs is 1. The van der Waals surface area contributed by atoms with E-state index in [1.165, 1.54) is 0 Å². The lowest BCUT2D eigenvalue weighted by molar-refractivity contribution is 0.110. The summed E-state index contributed by atoms with van der Waals surface area (Å²) >= 11 is 0. The van der Waals surface area contributed by atoms with E-state index < -0.39 is 0 Å². The van der Waals surface area contributed by atoms with Crippen LogP contribution in [0.3, 0.4) is 0 Å². The molecule has 4 rings (SSSR count). The lowest BCUT2D eigenvalue weighted by Crippen LogP contribution is -2.11. The highest BCUT2D eigenvalue weighted by molar-refractivity contribution is 5.83. The number of furan rings is 1. The Kier molecular flexibility index (Phi) is 3.31. The van der Waals surface area contributed by atoms with E-state index in [4.69, 9.17) is 4.42 Å². The van der Waals surface area contributed by atoms with Crippen LogP contribution in [0.15, 0.2) is 69.9 Å². The number of H-pyrrole nitrogens is 1. The molecule has 0 fully saturated rings. The number of benzene rings is 2. The molecule has 0 aliphatic carbocycles. The second kappa shape index (κ2) is 5.62. The van der Waals surface area contributed by atoms with Crippen LogP contribution in [0.1, 0.15) is 10.6 Å². The van der Waals surface area contributed by atoms with E-state index in [0.717, 1.165) is 0 Å². The first kappa shape index (κ1) is 14.1. The van der Waals surface area contributed by atoms with Crippen LogP contribution >= 0.6 is 0 Å². The molecule has 2 aromatic heterocycles. The summed E-state index contributed by atoms with van der Waals surface area (Å²) in [5, 5.41) is 0. The minimum atomic E-state index is -0.275. The first-order chi connectivity index (χ1) is 11.8. The summed E-state index contributed by atoms with van der Waals surface area (Å²) in [5.41, 5.74) is 2.78. The van der Waals surface area contributed by atoms with Crippen LogP contribution in [0, 0.1) is 0 Å². The Morgan fingerprint density at radius 2 is 1.67 bits per heavy atom. The smallest absolute Gasteiger partial charge is 0.274 e. The molecule has 5 nitrogen and oxygen atoms in total. The summed E-state index contributed by atoms with van der Waals surface area (Å²) in [7, 11) is 0. The third-order valence-electron chi connectivity index (χ3n) is 3.79. The van der Waals surface area contributed by atoms with Crippen LogP contribution in [0.5, 0.6) is 0 Å². The number of rotatable bonds is 3. The average molecular weight is 316 g/mol. The molecular weight excluding hydrogens is 304 g/mol. The molecule has 0 spiro atoms. The lowest BCUT2D eigenvalue weighted by atomic mass is 10.0. The third kappa shape index (κ3) is 2.32. The van der Waals surface area contributed by atoms with Crippen molar-refractivity contribution < 1.29 is 9.21 Å². The fraction of sp³-hybridized carbons (Fsp3) is 0. The number of nitrogens with one attached hydrogen (secondary N) is 1. The highest BCUT2D eigenvalue weighted by Crippen LogP contribution is 2.30. The highest BCUT2D eigenvalue weighted by Gasteiger charge is 2.15. The summed E-state index contributed by atoms with van der Waals surface area (Å²) in [6, 6.07) is 18.0. The third-order valence-corrected chi connectivity index (χ3v) is 3.79. The lowest BCUT2D eigenvalue weighted by Gasteiger charge is -2.07. The molecular formula is C19H12N2O3. The maximum Gasteiger partial charge on any atom is 0.274 e. The molecule has 0 aliphatic heterocycles. The number of hydrogen-bond acceptors (Lipinski definition) is 4. The normalized spacial score (nSPS) is 10.8. The number of hydrogen-bond donors (Lipinski definition) is 1. The number of aldehydes is 1. The van der Waals surface area contributed by atoms with Gasteiger partial charge in [0.25, 0.3) is 5.56 Å². The number of aromatic amines is 1. The van der Waals surface area contributed by atoms with Crippen molar-refractivity contribution in [2.24, 2.45) is 0 Å². The summed E-state index contributed by atoms with van der Waals surface area (Å²) in [5.74, 6) is 0.752. The zero-order valence-electron chi connectivity index (χ0n) is 12.5. The molecule has 0 atom stereocenters. The molecule has 0 saturated carbocycles. The van der Waals surface area contributed by atoms with E-state index in [0.29, 0.717) is 39.9 Å². The summed E-state index contributed by atoms with van der Waals surface area (Å²) in [4.78, 5) is 30.7. The molecule has 0 unspecified atom stereocenters. The predicted octanol–water partition coefficient (Wildman–Crippen LogP) is 3.66. The fourth-order valence-corrected chi connectivity index (χ4v) is 2.68. The van der Waals surface area contributed by atoms with Crippen molar-refractivity contribution in [3.63, 3.8) is 0 Å². The molecule has 0 radical (unpaired) electrons. The molecule has 4 aromatic rings. The summed E-state index contributed by atoms with van der Waals surface area (Å²) < 4.78 is 5.50. The second-order valence-corrected chi connectivity index (χ2v) is 5.30. The van der Waals surface area contributed by atoms with E-state index in [1.54, 1.807) is 12.1 Å². The van der Waals surface area contributed by atoms with Crippen LogP contribution in [0.25, 0.3) is 33.6 Å². The van der Waals surface area contributed by atoms with Gasteiger partial charge in [-0.15, -0.1) is 0 Å². The Labute approximate surface area is 136 Å². The Morgan fingerprint density at radius 3 is 2.46 bits per heavy atom. The Morgan fingerprint density at radius 1 is 0.917 bits per heavy atom. The van der Waals surface area contributed by atoms with Crippen LogP contribution in [-0.2, 0) is 0 Å². The minimum absolute atomic E-state index is 0.236. The van der Waals surface area contributed by atoms with Gasteiger partial charge >= 0.3 is 0 Å². The molecule has 0 bridgehead atoms. The van der Waals surface area contributed by atoms with Crippen LogP contribution in [0.2, 0.25) is 0 Å². The average Bonchev–Trinajstić information content (AvgIpc) is 3.10. The number of carbonyl (C=O) groups excluding carboxylic acids is 1. The van der Waals surface area contributed by atoms with Gasteiger partial charge < -0.3 is 9.40 Å². The van der Waals surface area contributed by atoms with Gasteiger partial charge in [0.1, 0.15) is 11.5 Å². The Bertz CT molecular complexity index is 1110. The molecule has 2 heterocycles. The van der Waals surface area contributed by atoms with E-state index in [1.807, 2.05) is 48.5 Å². The topological polar surface area (TPSA) is 76.0 Å². The molecule has 24 heavy (non-hydrogen) atoms. The van der Waals surface area contributed by atoms with Crippen molar-refractivity contribution in [1.29, 1.82) is 0 Å². The Hall–Kier alpha value is -3.47. The van der Waals surface area contributed by atoms with E-state index in [-0.39, 0.29) is 11.3 Å². The molecule has 0 saturated heterocycles. The molecule has 0 aliphatic rings. The standard InChI is InChI=1S/C19H12N2O3/c22-11-12-9-10-17(24-12)13-5-1-2-6-14(13)18-19(23)21-16-8-4-3-7-15(16)20-18/h1-11H,(H,21,23). The molecule has 2 aromatic carbocycles. The summed E-state index contributed by atoms with van der Waals surface area (Å²) in [6.07, 6.45) is 0.646. The van der Waals surface area contributed by atoms with E-state index in [2.05, 4.69) is 9.97 Å². The zero-order chi connectivity index (χ0) is 16.5. The van der Waals surface area contributed by atoms with Crippen molar-refractivity contribution in [3.8, 4) is 22.6 Å². The van der Waals surface area contributed by atoms with Crippen molar-refractivity contribution >= 4 is 17.3 Å².